The summed E-state index contributed by atoms with van der Waals surface area (Å²) in [7, 11) is 2.18. The molecular weight excluding hydrogens is 251 g/mol. The molecule has 1 fully saturated rings. The zero-order valence-corrected chi connectivity index (χ0v) is 13.1. The van der Waals surface area contributed by atoms with Crippen LogP contribution in [0, 0.1) is 11.7 Å². The Morgan fingerprint density at radius 2 is 1.85 bits per heavy atom. The molecule has 1 aromatic carbocycles. The first-order valence-corrected chi connectivity index (χ1v) is 7.55. The number of nitrogens with one attached hydrogen (secondary N) is 1. The van der Waals surface area contributed by atoms with E-state index in [9.17, 15) is 4.39 Å². The zero-order valence-electron chi connectivity index (χ0n) is 13.1. The number of hydrogen-bond acceptors (Lipinski definition) is 2. The molecule has 1 N–H and O–H groups in total. The van der Waals surface area contributed by atoms with Gasteiger partial charge in [0.05, 0.1) is 0 Å². The van der Waals surface area contributed by atoms with Crippen LogP contribution in [0.1, 0.15) is 39.2 Å². The summed E-state index contributed by atoms with van der Waals surface area (Å²) in [4.78, 5) is 2.41. The Bertz CT molecular complexity index is 422. The molecule has 0 spiro atoms. The summed E-state index contributed by atoms with van der Waals surface area (Å²) < 4.78 is 12.9. The fraction of sp³-hybridized carbons (Fsp3) is 0.647. The van der Waals surface area contributed by atoms with Crippen LogP contribution in [0.4, 0.5) is 4.39 Å². The molecule has 20 heavy (non-hydrogen) atoms. The highest BCUT2D eigenvalue weighted by atomic mass is 19.1. The van der Waals surface area contributed by atoms with Crippen molar-refractivity contribution in [3.63, 3.8) is 0 Å². The molecule has 0 amide bonds. The first kappa shape index (κ1) is 15.5. The van der Waals surface area contributed by atoms with Crippen LogP contribution < -0.4 is 5.32 Å². The highest BCUT2D eigenvalue weighted by molar-refractivity contribution is 5.16. The van der Waals surface area contributed by atoms with Gasteiger partial charge in [0.25, 0.3) is 0 Å². The van der Waals surface area contributed by atoms with Crippen LogP contribution in [0.25, 0.3) is 0 Å². The number of nitrogens with zero attached hydrogens (tertiary/aromatic N) is 1. The maximum Gasteiger partial charge on any atom is 0.123 e. The number of halogens is 1. The number of hydrogen-bond donors (Lipinski definition) is 1. The van der Waals surface area contributed by atoms with Gasteiger partial charge in [0, 0.05) is 18.1 Å². The van der Waals surface area contributed by atoms with Gasteiger partial charge in [-0.1, -0.05) is 12.1 Å². The highest BCUT2D eigenvalue weighted by Crippen LogP contribution is 2.32. The molecule has 0 aromatic heterocycles. The second-order valence-electron chi connectivity index (χ2n) is 7.08. The molecule has 1 aliphatic carbocycles. The third-order valence-corrected chi connectivity index (χ3v) is 4.18. The van der Waals surface area contributed by atoms with E-state index in [-0.39, 0.29) is 11.4 Å². The molecule has 0 saturated heterocycles. The van der Waals surface area contributed by atoms with E-state index in [0.717, 1.165) is 19.0 Å². The van der Waals surface area contributed by atoms with Crippen molar-refractivity contribution in [1.29, 1.82) is 0 Å². The van der Waals surface area contributed by atoms with Crippen LogP contribution in [0.15, 0.2) is 24.3 Å². The molecule has 1 aromatic rings. The first-order chi connectivity index (χ1) is 9.35. The van der Waals surface area contributed by atoms with Gasteiger partial charge in [-0.05, 0) is 70.8 Å². The van der Waals surface area contributed by atoms with Gasteiger partial charge >= 0.3 is 0 Å². The van der Waals surface area contributed by atoms with Crippen LogP contribution in [0.3, 0.4) is 0 Å². The molecule has 0 bridgehead atoms. The fourth-order valence-corrected chi connectivity index (χ4v) is 2.80. The summed E-state index contributed by atoms with van der Waals surface area (Å²) >= 11 is 0. The predicted octanol–water partition coefficient (Wildman–Crippen LogP) is 3.42. The normalized spacial score (nSPS) is 22.9. The van der Waals surface area contributed by atoms with E-state index in [1.54, 1.807) is 12.1 Å². The van der Waals surface area contributed by atoms with Crippen molar-refractivity contribution in [2.75, 3.05) is 13.6 Å². The lowest BCUT2D eigenvalue weighted by Crippen LogP contribution is -2.51. The molecule has 1 aliphatic rings. The van der Waals surface area contributed by atoms with Crippen LogP contribution >= 0.6 is 0 Å². The van der Waals surface area contributed by atoms with Gasteiger partial charge in [-0.15, -0.1) is 0 Å². The minimum atomic E-state index is -0.160. The number of rotatable bonds is 5. The summed E-state index contributed by atoms with van der Waals surface area (Å²) in [6, 6.07) is 7.50. The molecule has 2 atom stereocenters. The SMILES string of the molecule is CN(Cc1ccc(F)cc1)C1CCC1CNC(C)(C)C. The van der Waals surface area contributed by atoms with Gasteiger partial charge in [0.1, 0.15) is 5.82 Å². The van der Waals surface area contributed by atoms with E-state index in [2.05, 4.69) is 38.0 Å². The third-order valence-electron chi connectivity index (χ3n) is 4.18. The average Bonchev–Trinajstić information content (AvgIpc) is 2.29. The van der Waals surface area contributed by atoms with E-state index < -0.39 is 0 Å². The summed E-state index contributed by atoms with van der Waals surface area (Å²) in [5, 5.41) is 3.60. The van der Waals surface area contributed by atoms with Crippen molar-refractivity contribution in [2.45, 2.75) is 51.7 Å². The minimum Gasteiger partial charge on any atom is -0.312 e. The van der Waals surface area contributed by atoms with E-state index >= 15 is 0 Å². The second-order valence-corrected chi connectivity index (χ2v) is 7.08. The molecule has 2 nitrogen and oxygen atoms in total. The van der Waals surface area contributed by atoms with Crippen molar-refractivity contribution < 1.29 is 4.39 Å². The van der Waals surface area contributed by atoms with Crippen molar-refractivity contribution in [3.05, 3.63) is 35.6 Å². The van der Waals surface area contributed by atoms with Crippen LogP contribution in [0.5, 0.6) is 0 Å². The van der Waals surface area contributed by atoms with Gasteiger partial charge in [-0.3, -0.25) is 4.90 Å². The average molecular weight is 278 g/mol. The summed E-state index contributed by atoms with van der Waals surface area (Å²) in [5.74, 6) is 0.576. The largest absolute Gasteiger partial charge is 0.312 e. The Morgan fingerprint density at radius 3 is 2.35 bits per heavy atom. The van der Waals surface area contributed by atoms with Gasteiger partial charge in [-0.2, -0.15) is 0 Å². The molecule has 1 saturated carbocycles. The Kier molecular flexibility index (Phi) is 4.82. The molecule has 0 aliphatic heterocycles. The highest BCUT2D eigenvalue weighted by Gasteiger charge is 2.34. The molecule has 2 rings (SSSR count). The quantitative estimate of drug-likeness (QED) is 0.888. The topological polar surface area (TPSA) is 15.3 Å². The lowest BCUT2D eigenvalue weighted by atomic mass is 9.78. The first-order valence-electron chi connectivity index (χ1n) is 7.55. The van der Waals surface area contributed by atoms with Gasteiger partial charge in [0.15, 0.2) is 0 Å². The third kappa shape index (κ3) is 4.29. The van der Waals surface area contributed by atoms with Crippen LogP contribution in [-0.2, 0) is 6.54 Å². The van der Waals surface area contributed by atoms with E-state index in [0.29, 0.717) is 6.04 Å². The van der Waals surface area contributed by atoms with E-state index in [4.69, 9.17) is 0 Å². The van der Waals surface area contributed by atoms with Crippen LogP contribution in [0.2, 0.25) is 0 Å². The summed E-state index contributed by atoms with van der Waals surface area (Å²) in [6.45, 7) is 8.62. The Hall–Kier alpha value is -0.930. The molecule has 0 radical (unpaired) electrons. The molecule has 2 unspecified atom stereocenters. The molecular formula is C17H27FN2. The Balaban J connectivity index is 1.83. The molecule has 0 heterocycles. The maximum absolute atomic E-state index is 12.9. The van der Waals surface area contributed by atoms with E-state index in [1.807, 2.05) is 12.1 Å². The van der Waals surface area contributed by atoms with Crippen LogP contribution in [-0.4, -0.2) is 30.1 Å². The number of benzene rings is 1. The standard InChI is InChI=1S/C17H27FN2/c1-17(2,3)19-11-14-7-10-16(14)20(4)12-13-5-8-15(18)9-6-13/h5-6,8-9,14,16,19H,7,10-12H2,1-4H3. The molecule has 3 heteroatoms. The Morgan fingerprint density at radius 1 is 1.20 bits per heavy atom. The zero-order chi connectivity index (χ0) is 14.8. The van der Waals surface area contributed by atoms with Crippen molar-refractivity contribution in [1.82, 2.24) is 10.2 Å². The smallest absolute Gasteiger partial charge is 0.123 e. The van der Waals surface area contributed by atoms with E-state index in [1.165, 1.54) is 18.4 Å². The maximum atomic E-state index is 12.9. The van der Waals surface area contributed by atoms with Crippen molar-refractivity contribution in [3.8, 4) is 0 Å². The van der Waals surface area contributed by atoms with Gasteiger partial charge in [0.2, 0.25) is 0 Å². The monoisotopic (exact) mass is 278 g/mol. The minimum absolute atomic E-state index is 0.160. The predicted molar refractivity (Wildman–Crippen MR) is 82.1 cm³/mol. The summed E-state index contributed by atoms with van der Waals surface area (Å²) in [6.07, 6.45) is 2.58. The van der Waals surface area contributed by atoms with Gasteiger partial charge in [-0.25, -0.2) is 4.39 Å². The van der Waals surface area contributed by atoms with Crippen molar-refractivity contribution in [2.24, 2.45) is 5.92 Å². The lowest BCUT2D eigenvalue weighted by Gasteiger charge is -2.44. The molecule has 112 valence electrons. The van der Waals surface area contributed by atoms with Crippen molar-refractivity contribution >= 4 is 0 Å². The summed E-state index contributed by atoms with van der Waals surface area (Å²) in [5.41, 5.74) is 1.37. The Labute approximate surface area is 122 Å². The van der Waals surface area contributed by atoms with Gasteiger partial charge < -0.3 is 5.32 Å². The lowest BCUT2D eigenvalue weighted by molar-refractivity contribution is 0.0738. The second kappa shape index (κ2) is 6.23. The fourth-order valence-electron chi connectivity index (χ4n) is 2.80.